The highest BCUT2D eigenvalue weighted by atomic mass is 32.2. The molecular weight excluding hydrogens is 388 g/mol. The van der Waals surface area contributed by atoms with E-state index in [1.54, 1.807) is 12.1 Å². The summed E-state index contributed by atoms with van der Waals surface area (Å²) in [5.41, 5.74) is 1.72. The number of hydrogen-bond donors (Lipinski definition) is 0. The minimum atomic E-state index is -3.84. The normalized spacial score (nSPS) is 16.6. The fourth-order valence-corrected chi connectivity index (χ4v) is 5.49. The Balaban J connectivity index is 1.44. The summed E-state index contributed by atoms with van der Waals surface area (Å²) in [6.07, 6.45) is 0. The van der Waals surface area contributed by atoms with E-state index in [-0.39, 0.29) is 23.8 Å². The van der Waals surface area contributed by atoms with Crippen LogP contribution in [0.3, 0.4) is 0 Å². The average Bonchev–Trinajstić information content (AvgIpc) is 3.37. The van der Waals surface area contributed by atoms with Crippen LogP contribution in [-0.4, -0.2) is 30.4 Å². The Morgan fingerprint density at radius 2 is 1.93 bits per heavy atom. The van der Waals surface area contributed by atoms with Crippen LogP contribution in [-0.2, 0) is 16.6 Å². The van der Waals surface area contributed by atoms with Crippen molar-refractivity contribution in [3.05, 3.63) is 58.4 Å². The number of carbonyl (C=O) groups excluding carboxylic acids is 1. The molecule has 1 amide bonds. The van der Waals surface area contributed by atoms with Crippen molar-refractivity contribution in [3.63, 3.8) is 0 Å². The number of nitrogens with zero attached hydrogens (tertiary/aromatic N) is 2. The minimum Gasteiger partial charge on any atom is -0.454 e. The highest BCUT2D eigenvalue weighted by Crippen LogP contribution is 2.37. The highest BCUT2D eigenvalue weighted by molar-refractivity contribution is 7.90. The quantitative estimate of drug-likeness (QED) is 0.672. The number of benzene rings is 2. The van der Waals surface area contributed by atoms with E-state index in [0.717, 1.165) is 9.87 Å². The maximum atomic E-state index is 12.7. The largest absolute Gasteiger partial charge is 0.454 e. The van der Waals surface area contributed by atoms with Crippen LogP contribution in [0.1, 0.15) is 15.4 Å². The second-order valence-corrected chi connectivity index (χ2v) is 8.78. The third-order valence-corrected chi connectivity index (χ3v) is 7.03. The van der Waals surface area contributed by atoms with Gasteiger partial charge in [-0.05, 0) is 30.3 Å². The van der Waals surface area contributed by atoms with Gasteiger partial charge in [0.15, 0.2) is 11.5 Å². The van der Waals surface area contributed by atoms with E-state index in [4.69, 9.17) is 9.47 Å². The number of amides is 1. The summed E-state index contributed by atoms with van der Waals surface area (Å²) in [7, 11) is -3.84. The van der Waals surface area contributed by atoms with Gasteiger partial charge in [0.05, 0.1) is 17.8 Å². The van der Waals surface area contributed by atoms with Crippen molar-refractivity contribution in [1.29, 1.82) is 0 Å². The first kappa shape index (κ1) is 16.3. The fraction of sp³-hybridized carbons (Fsp3) is 0.111. The first-order valence-corrected chi connectivity index (χ1v) is 10.4. The van der Waals surface area contributed by atoms with Crippen LogP contribution in [0.2, 0.25) is 0 Å². The molecule has 0 bridgehead atoms. The van der Waals surface area contributed by atoms with Crippen molar-refractivity contribution in [2.45, 2.75) is 11.4 Å². The van der Waals surface area contributed by atoms with Gasteiger partial charge in [-0.2, -0.15) is 0 Å². The lowest BCUT2D eigenvalue weighted by molar-refractivity contribution is 0.0865. The fourth-order valence-electron chi connectivity index (χ4n) is 3.08. The number of sulfonamides is 1. The van der Waals surface area contributed by atoms with Crippen molar-refractivity contribution in [2.24, 2.45) is 0 Å². The molecule has 5 rings (SSSR count). The molecule has 2 aliphatic heterocycles. The molecule has 0 aliphatic carbocycles. The number of rotatable bonds is 3. The molecule has 0 N–H and O–H groups in total. The topological polar surface area (TPSA) is 85.8 Å². The van der Waals surface area contributed by atoms with Gasteiger partial charge >= 0.3 is 0 Å². The number of hydrogen-bond acceptors (Lipinski definition) is 7. The van der Waals surface area contributed by atoms with Gasteiger partial charge in [0.2, 0.25) is 6.79 Å². The van der Waals surface area contributed by atoms with Crippen molar-refractivity contribution in [2.75, 3.05) is 6.79 Å². The molecule has 0 fully saturated rings. The zero-order valence-electron chi connectivity index (χ0n) is 13.8. The van der Waals surface area contributed by atoms with Crippen LogP contribution in [0, 0.1) is 0 Å². The lowest BCUT2D eigenvalue weighted by Gasteiger charge is -2.12. The lowest BCUT2D eigenvalue weighted by atomic mass is 10.1. The third-order valence-electron chi connectivity index (χ3n) is 4.41. The van der Waals surface area contributed by atoms with E-state index in [1.807, 2.05) is 23.6 Å². The van der Waals surface area contributed by atoms with E-state index in [1.165, 1.54) is 23.5 Å². The number of carbonyl (C=O) groups is 1. The molecule has 2 aliphatic rings. The summed E-state index contributed by atoms with van der Waals surface area (Å²) in [6.45, 7) is 0.0989. The molecule has 3 aromatic rings. The summed E-state index contributed by atoms with van der Waals surface area (Å²) < 4.78 is 36.9. The number of aromatic nitrogens is 1. The molecule has 27 heavy (non-hydrogen) atoms. The molecular formula is C18H12N2O5S2. The second-order valence-electron chi connectivity index (χ2n) is 6.01. The van der Waals surface area contributed by atoms with Crippen LogP contribution in [0.15, 0.2) is 52.7 Å². The Morgan fingerprint density at radius 1 is 1.11 bits per heavy atom. The van der Waals surface area contributed by atoms with Crippen molar-refractivity contribution < 1.29 is 22.7 Å². The molecule has 1 aromatic heterocycles. The van der Waals surface area contributed by atoms with Crippen molar-refractivity contribution in [3.8, 4) is 22.8 Å². The first-order valence-electron chi connectivity index (χ1n) is 8.04. The summed E-state index contributed by atoms with van der Waals surface area (Å²) in [4.78, 5) is 17.1. The Labute approximate surface area is 158 Å². The third kappa shape index (κ3) is 2.50. The summed E-state index contributed by atoms with van der Waals surface area (Å²) in [5.74, 6) is 0.806. The van der Waals surface area contributed by atoms with Gasteiger partial charge in [-0.25, -0.2) is 17.7 Å². The van der Waals surface area contributed by atoms with Crippen LogP contribution in [0.4, 0.5) is 0 Å². The average molecular weight is 400 g/mol. The standard InChI is InChI=1S/C18H12N2O5S2/c21-18-12-3-1-2-4-16(12)27(22,23)20(18)8-17-19-13(9-26-17)11-5-6-14-15(7-11)25-10-24-14/h1-7,9H,8,10H2. The molecule has 7 nitrogen and oxygen atoms in total. The summed E-state index contributed by atoms with van der Waals surface area (Å²) >= 11 is 1.30. The van der Waals surface area contributed by atoms with Crippen molar-refractivity contribution >= 4 is 27.3 Å². The first-order chi connectivity index (χ1) is 13.0. The van der Waals surface area contributed by atoms with Gasteiger partial charge in [0.25, 0.3) is 15.9 Å². The zero-order chi connectivity index (χ0) is 18.6. The molecule has 0 atom stereocenters. The molecule has 0 saturated carbocycles. The minimum absolute atomic E-state index is 0.0440. The lowest BCUT2D eigenvalue weighted by Crippen LogP contribution is -2.29. The van der Waals surface area contributed by atoms with Crippen LogP contribution in [0.25, 0.3) is 11.3 Å². The molecule has 2 aromatic carbocycles. The predicted octanol–water partition coefficient (Wildman–Crippen LogP) is 2.88. The molecule has 136 valence electrons. The predicted molar refractivity (Wildman–Crippen MR) is 97.2 cm³/mol. The van der Waals surface area contributed by atoms with Gasteiger partial charge in [0, 0.05) is 10.9 Å². The summed E-state index contributed by atoms with van der Waals surface area (Å²) in [6, 6.07) is 11.7. The Kier molecular flexibility index (Phi) is 3.49. The SMILES string of the molecule is O=C1c2ccccc2S(=O)(=O)N1Cc1nc(-c2ccc3c(c2)OCO3)cs1. The maximum Gasteiger partial charge on any atom is 0.269 e. The van der Waals surface area contributed by atoms with Crippen LogP contribution >= 0.6 is 11.3 Å². The molecule has 3 heterocycles. The van der Waals surface area contributed by atoms with Crippen LogP contribution in [0.5, 0.6) is 11.5 Å². The number of ether oxygens (including phenoxy) is 2. The van der Waals surface area contributed by atoms with Crippen molar-refractivity contribution in [1.82, 2.24) is 9.29 Å². The molecule has 0 radical (unpaired) electrons. The monoisotopic (exact) mass is 400 g/mol. The van der Waals surface area contributed by atoms with Gasteiger partial charge in [-0.15, -0.1) is 11.3 Å². The Morgan fingerprint density at radius 3 is 2.78 bits per heavy atom. The Bertz CT molecular complexity index is 1190. The molecule has 0 saturated heterocycles. The summed E-state index contributed by atoms with van der Waals surface area (Å²) in [5, 5.41) is 2.36. The molecule has 9 heteroatoms. The zero-order valence-corrected chi connectivity index (χ0v) is 15.4. The van der Waals surface area contributed by atoms with E-state index >= 15 is 0 Å². The van der Waals surface area contributed by atoms with Crippen LogP contribution < -0.4 is 9.47 Å². The molecule has 0 unspecified atom stereocenters. The van der Waals surface area contributed by atoms with E-state index in [9.17, 15) is 13.2 Å². The Hall–Kier alpha value is -2.91. The van der Waals surface area contributed by atoms with E-state index < -0.39 is 15.9 Å². The van der Waals surface area contributed by atoms with Gasteiger partial charge < -0.3 is 9.47 Å². The van der Waals surface area contributed by atoms with E-state index in [0.29, 0.717) is 22.2 Å². The highest BCUT2D eigenvalue weighted by Gasteiger charge is 2.41. The van der Waals surface area contributed by atoms with E-state index in [2.05, 4.69) is 4.98 Å². The number of fused-ring (bicyclic) bond motifs is 2. The van der Waals surface area contributed by atoms with Gasteiger partial charge in [-0.1, -0.05) is 12.1 Å². The second kappa shape index (κ2) is 5.80. The molecule has 0 spiro atoms. The number of thiazole rings is 1. The maximum absolute atomic E-state index is 12.7. The smallest absolute Gasteiger partial charge is 0.269 e. The van der Waals surface area contributed by atoms with Gasteiger partial charge in [0.1, 0.15) is 9.90 Å². The van der Waals surface area contributed by atoms with Gasteiger partial charge in [-0.3, -0.25) is 4.79 Å².